The molecular formula is C11H14BrN3S. The van der Waals surface area contributed by atoms with Gasteiger partial charge in [-0.05, 0) is 39.9 Å². The van der Waals surface area contributed by atoms with Gasteiger partial charge in [0.25, 0.3) is 0 Å². The fourth-order valence-corrected chi connectivity index (χ4v) is 2.65. The Balaban J connectivity index is 1.71. The largest absolute Gasteiger partial charge is 0.310 e. The van der Waals surface area contributed by atoms with Crippen molar-refractivity contribution in [2.24, 2.45) is 0 Å². The molecule has 0 saturated heterocycles. The second-order valence-electron chi connectivity index (χ2n) is 3.63. The van der Waals surface area contributed by atoms with Crippen LogP contribution >= 0.6 is 27.3 Å². The van der Waals surface area contributed by atoms with E-state index in [0.29, 0.717) is 0 Å². The number of aromatic nitrogens is 2. The van der Waals surface area contributed by atoms with Gasteiger partial charge in [0.05, 0.1) is 17.2 Å². The first-order valence-electron chi connectivity index (χ1n) is 5.17. The van der Waals surface area contributed by atoms with E-state index in [4.69, 9.17) is 0 Å². The molecule has 2 heterocycles. The molecule has 0 bridgehead atoms. The van der Waals surface area contributed by atoms with E-state index in [0.717, 1.165) is 24.1 Å². The summed E-state index contributed by atoms with van der Waals surface area (Å²) in [5, 5.41) is 9.76. The topological polar surface area (TPSA) is 29.9 Å². The summed E-state index contributed by atoms with van der Waals surface area (Å²) in [5.41, 5.74) is 1.37. The van der Waals surface area contributed by atoms with Crippen molar-refractivity contribution in [2.75, 3.05) is 6.54 Å². The van der Waals surface area contributed by atoms with Gasteiger partial charge >= 0.3 is 0 Å². The molecule has 0 unspecified atom stereocenters. The molecule has 0 radical (unpaired) electrons. The lowest BCUT2D eigenvalue weighted by Gasteiger charge is -2.04. The molecule has 5 heteroatoms. The van der Waals surface area contributed by atoms with E-state index in [1.54, 1.807) is 0 Å². The van der Waals surface area contributed by atoms with Crippen LogP contribution < -0.4 is 5.32 Å². The van der Waals surface area contributed by atoms with Crippen LogP contribution in [-0.2, 0) is 13.1 Å². The Kier molecular flexibility index (Phi) is 4.15. The zero-order valence-electron chi connectivity index (χ0n) is 9.11. The van der Waals surface area contributed by atoms with Gasteiger partial charge in [-0.1, -0.05) is 0 Å². The Hall–Kier alpha value is -0.650. The van der Waals surface area contributed by atoms with Gasteiger partial charge in [-0.2, -0.15) is 5.10 Å². The third-order valence-electron chi connectivity index (χ3n) is 2.37. The number of thiophene rings is 1. The van der Waals surface area contributed by atoms with Gasteiger partial charge < -0.3 is 5.32 Å². The van der Waals surface area contributed by atoms with Gasteiger partial charge in [0, 0.05) is 24.2 Å². The van der Waals surface area contributed by atoms with E-state index < -0.39 is 0 Å². The van der Waals surface area contributed by atoms with Gasteiger partial charge in [0.2, 0.25) is 0 Å². The molecule has 0 aliphatic heterocycles. The summed E-state index contributed by atoms with van der Waals surface area (Å²) >= 11 is 5.19. The summed E-state index contributed by atoms with van der Waals surface area (Å²) in [5.74, 6) is 0. The van der Waals surface area contributed by atoms with Gasteiger partial charge in [-0.25, -0.2) is 0 Å². The molecule has 0 fully saturated rings. The van der Waals surface area contributed by atoms with Crippen LogP contribution in [0.2, 0.25) is 0 Å². The van der Waals surface area contributed by atoms with E-state index in [2.05, 4.69) is 44.7 Å². The van der Waals surface area contributed by atoms with Crippen LogP contribution in [0.1, 0.15) is 10.4 Å². The van der Waals surface area contributed by atoms with Gasteiger partial charge in [-0.3, -0.25) is 4.68 Å². The van der Waals surface area contributed by atoms with Crippen LogP contribution in [0.25, 0.3) is 0 Å². The van der Waals surface area contributed by atoms with Crippen molar-refractivity contribution in [3.05, 3.63) is 38.8 Å². The number of aryl methyl sites for hydroxylation is 1. The molecule has 86 valence electrons. The lowest BCUT2D eigenvalue weighted by atomic mass is 10.3. The summed E-state index contributed by atoms with van der Waals surface area (Å²) in [4.78, 5) is 1.42. The van der Waals surface area contributed by atoms with Crippen molar-refractivity contribution in [2.45, 2.75) is 20.0 Å². The van der Waals surface area contributed by atoms with Crippen molar-refractivity contribution in [3.63, 3.8) is 0 Å². The molecular weight excluding hydrogens is 286 g/mol. The highest BCUT2D eigenvalue weighted by Gasteiger charge is 1.99. The van der Waals surface area contributed by atoms with Crippen molar-refractivity contribution < 1.29 is 0 Å². The zero-order chi connectivity index (χ0) is 11.4. The fourth-order valence-electron chi connectivity index (χ4n) is 1.44. The van der Waals surface area contributed by atoms with E-state index in [9.17, 15) is 0 Å². The number of rotatable bonds is 5. The molecule has 0 amide bonds. The summed E-state index contributed by atoms with van der Waals surface area (Å²) in [7, 11) is 0. The normalized spacial score (nSPS) is 10.9. The SMILES string of the molecule is Cc1ccsc1CNCCn1cc(Br)cn1. The Morgan fingerprint density at radius 3 is 3.06 bits per heavy atom. The van der Waals surface area contributed by atoms with E-state index in [1.165, 1.54) is 10.4 Å². The molecule has 2 aromatic rings. The predicted octanol–water partition coefficient (Wildman–Crippen LogP) is 2.81. The Labute approximate surface area is 108 Å². The van der Waals surface area contributed by atoms with Crippen molar-refractivity contribution >= 4 is 27.3 Å². The standard InChI is InChI=1S/C11H14BrN3S/c1-9-2-5-16-11(9)7-13-3-4-15-8-10(12)6-14-15/h2,5-6,8,13H,3-4,7H2,1H3. The molecule has 0 aromatic carbocycles. The number of hydrogen-bond acceptors (Lipinski definition) is 3. The maximum Gasteiger partial charge on any atom is 0.0632 e. The molecule has 0 spiro atoms. The van der Waals surface area contributed by atoms with Crippen LogP contribution in [0.15, 0.2) is 28.3 Å². The highest BCUT2D eigenvalue weighted by molar-refractivity contribution is 9.10. The third-order valence-corrected chi connectivity index (χ3v) is 3.81. The number of halogens is 1. The summed E-state index contributed by atoms with van der Waals surface area (Å²) in [6.07, 6.45) is 3.79. The van der Waals surface area contributed by atoms with Crippen LogP contribution in [0.3, 0.4) is 0 Å². The lowest BCUT2D eigenvalue weighted by Crippen LogP contribution is -2.19. The minimum atomic E-state index is 0.899. The molecule has 3 nitrogen and oxygen atoms in total. The van der Waals surface area contributed by atoms with Crippen LogP contribution in [0.5, 0.6) is 0 Å². The minimum Gasteiger partial charge on any atom is -0.310 e. The van der Waals surface area contributed by atoms with Crippen molar-refractivity contribution in [1.82, 2.24) is 15.1 Å². The van der Waals surface area contributed by atoms with Gasteiger partial charge in [-0.15, -0.1) is 11.3 Å². The smallest absolute Gasteiger partial charge is 0.0632 e. The fraction of sp³-hybridized carbons (Fsp3) is 0.364. The third kappa shape index (κ3) is 3.17. The zero-order valence-corrected chi connectivity index (χ0v) is 11.5. The maximum absolute atomic E-state index is 4.20. The van der Waals surface area contributed by atoms with Gasteiger partial charge in [0.15, 0.2) is 0 Å². The summed E-state index contributed by atoms with van der Waals surface area (Å²) in [6.45, 7) is 4.94. The molecule has 0 aliphatic carbocycles. The van der Waals surface area contributed by atoms with E-state index in [1.807, 2.05) is 28.4 Å². The quantitative estimate of drug-likeness (QED) is 0.861. The Morgan fingerprint density at radius 1 is 1.56 bits per heavy atom. The van der Waals surface area contributed by atoms with Crippen molar-refractivity contribution in [1.29, 1.82) is 0 Å². The Morgan fingerprint density at radius 2 is 2.44 bits per heavy atom. The number of hydrogen-bond donors (Lipinski definition) is 1. The first-order chi connectivity index (χ1) is 7.75. The molecule has 0 aliphatic rings. The molecule has 0 atom stereocenters. The second-order valence-corrected chi connectivity index (χ2v) is 5.54. The predicted molar refractivity (Wildman–Crippen MR) is 70.7 cm³/mol. The second kappa shape index (κ2) is 5.61. The minimum absolute atomic E-state index is 0.899. The highest BCUT2D eigenvalue weighted by atomic mass is 79.9. The first-order valence-corrected chi connectivity index (χ1v) is 6.84. The molecule has 2 aromatic heterocycles. The summed E-state index contributed by atoms with van der Waals surface area (Å²) in [6, 6.07) is 2.16. The molecule has 0 saturated carbocycles. The van der Waals surface area contributed by atoms with Crippen LogP contribution in [0.4, 0.5) is 0 Å². The molecule has 16 heavy (non-hydrogen) atoms. The average molecular weight is 300 g/mol. The lowest BCUT2D eigenvalue weighted by molar-refractivity contribution is 0.556. The molecule has 1 N–H and O–H groups in total. The number of nitrogens with one attached hydrogen (secondary N) is 1. The van der Waals surface area contributed by atoms with Gasteiger partial charge in [0.1, 0.15) is 0 Å². The van der Waals surface area contributed by atoms with Crippen LogP contribution in [-0.4, -0.2) is 16.3 Å². The highest BCUT2D eigenvalue weighted by Crippen LogP contribution is 2.14. The first kappa shape index (κ1) is 11.8. The monoisotopic (exact) mass is 299 g/mol. The maximum atomic E-state index is 4.20. The van der Waals surface area contributed by atoms with E-state index in [-0.39, 0.29) is 0 Å². The molecule has 2 rings (SSSR count). The average Bonchev–Trinajstić information content (AvgIpc) is 2.83. The Bertz CT molecular complexity index is 450. The number of nitrogens with zero attached hydrogens (tertiary/aromatic N) is 2. The van der Waals surface area contributed by atoms with Crippen molar-refractivity contribution in [3.8, 4) is 0 Å². The van der Waals surface area contributed by atoms with E-state index >= 15 is 0 Å². The summed E-state index contributed by atoms with van der Waals surface area (Å²) < 4.78 is 2.96. The van der Waals surface area contributed by atoms with Crippen LogP contribution in [0, 0.1) is 6.92 Å².